The van der Waals surface area contributed by atoms with Crippen molar-refractivity contribution in [1.29, 1.82) is 0 Å². The fourth-order valence-corrected chi connectivity index (χ4v) is 4.43. The monoisotopic (exact) mass is 480 g/mol. The van der Waals surface area contributed by atoms with Gasteiger partial charge in [0.2, 0.25) is 11.2 Å². The highest BCUT2D eigenvalue weighted by molar-refractivity contribution is 6.33. The largest absolute Gasteiger partial charge is 0.507 e. The minimum Gasteiger partial charge on any atom is -0.507 e. The molecule has 1 saturated heterocycles. The zero-order chi connectivity index (χ0) is 23.9. The van der Waals surface area contributed by atoms with Crippen LogP contribution < -0.4 is 5.43 Å². The Hall–Kier alpha value is -2.55. The van der Waals surface area contributed by atoms with Crippen molar-refractivity contribution in [1.82, 2.24) is 9.80 Å². The molecule has 4 rings (SSSR count). The molecule has 1 aromatic heterocycles. The third-order valence-corrected chi connectivity index (χ3v) is 6.42. The molecule has 5 nitrogen and oxygen atoms in total. The van der Waals surface area contributed by atoms with E-state index in [4.69, 9.17) is 16.0 Å². The van der Waals surface area contributed by atoms with Gasteiger partial charge in [0.25, 0.3) is 0 Å². The van der Waals surface area contributed by atoms with Crippen molar-refractivity contribution in [3.8, 4) is 16.9 Å². The van der Waals surface area contributed by atoms with E-state index in [9.17, 15) is 23.1 Å². The summed E-state index contributed by atoms with van der Waals surface area (Å²) in [5.41, 5.74) is -1.07. The van der Waals surface area contributed by atoms with E-state index in [0.717, 1.165) is 13.1 Å². The number of aryl methyl sites for hydroxylation is 1. The molecule has 2 aromatic carbocycles. The number of halogens is 4. The van der Waals surface area contributed by atoms with Crippen LogP contribution in [0.25, 0.3) is 22.1 Å². The molecular weight excluding hydrogens is 457 g/mol. The standard InChI is InChI=1S/C24H24ClF3N2O3/c1-3-14-12-16-21(32)19(15-6-4-5-7-18(15)25)23(24(26,27)28)33-22(16)17(20(14)31)13-30-10-8-29(2)9-11-30/h4-7,12,31H,3,8-11,13H2,1-2H3. The average Bonchev–Trinajstić information content (AvgIpc) is 2.77. The summed E-state index contributed by atoms with van der Waals surface area (Å²) in [4.78, 5) is 17.7. The van der Waals surface area contributed by atoms with Gasteiger partial charge in [0.05, 0.1) is 16.5 Å². The molecular formula is C24H24ClF3N2O3. The van der Waals surface area contributed by atoms with Gasteiger partial charge in [-0.05, 0) is 31.2 Å². The normalized spacial score (nSPS) is 15.9. The van der Waals surface area contributed by atoms with Crippen LogP contribution in [0.5, 0.6) is 5.75 Å². The quantitative estimate of drug-likeness (QED) is 0.560. The second-order valence-corrected chi connectivity index (χ2v) is 8.69. The van der Waals surface area contributed by atoms with E-state index in [2.05, 4.69) is 4.90 Å². The zero-order valence-electron chi connectivity index (χ0n) is 18.3. The van der Waals surface area contributed by atoms with E-state index in [-0.39, 0.29) is 39.4 Å². The first kappa shape index (κ1) is 23.6. The smallest absolute Gasteiger partial charge is 0.450 e. The highest BCUT2D eigenvalue weighted by atomic mass is 35.5. The Bertz CT molecular complexity index is 1250. The summed E-state index contributed by atoms with van der Waals surface area (Å²) in [5.74, 6) is -1.55. The van der Waals surface area contributed by atoms with Crippen molar-refractivity contribution in [3.63, 3.8) is 0 Å². The first-order valence-corrected chi connectivity index (χ1v) is 11.1. The molecule has 3 aromatic rings. The summed E-state index contributed by atoms with van der Waals surface area (Å²) in [7, 11) is 1.99. The average molecular weight is 481 g/mol. The Kier molecular flexibility index (Phi) is 6.44. The molecule has 1 fully saturated rings. The maximum Gasteiger partial charge on any atom is 0.450 e. The summed E-state index contributed by atoms with van der Waals surface area (Å²) in [6.07, 6.45) is -4.54. The zero-order valence-corrected chi connectivity index (χ0v) is 19.1. The van der Waals surface area contributed by atoms with Crippen molar-refractivity contribution >= 4 is 22.6 Å². The van der Waals surface area contributed by atoms with Gasteiger partial charge in [0, 0.05) is 43.3 Å². The molecule has 1 aliphatic heterocycles. The number of hydrogen-bond acceptors (Lipinski definition) is 5. The lowest BCUT2D eigenvalue weighted by atomic mass is 9.97. The SMILES string of the molecule is CCc1cc2c(=O)c(-c3ccccc3Cl)c(C(F)(F)F)oc2c(CN2CCN(C)CC2)c1O. The molecule has 1 N–H and O–H groups in total. The molecule has 1 aliphatic rings. The van der Waals surface area contributed by atoms with Crippen LogP contribution in [0, 0.1) is 0 Å². The first-order valence-electron chi connectivity index (χ1n) is 10.7. The predicted octanol–water partition coefficient (Wildman–Crippen LogP) is 5.15. The number of fused-ring (bicyclic) bond motifs is 1. The van der Waals surface area contributed by atoms with Gasteiger partial charge in [-0.25, -0.2) is 0 Å². The predicted molar refractivity (Wildman–Crippen MR) is 122 cm³/mol. The first-order chi connectivity index (χ1) is 15.6. The van der Waals surface area contributed by atoms with E-state index in [1.807, 2.05) is 11.9 Å². The van der Waals surface area contributed by atoms with Gasteiger partial charge < -0.3 is 14.4 Å². The Morgan fingerprint density at radius 3 is 2.42 bits per heavy atom. The van der Waals surface area contributed by atoms with E-state index in [1.54, 1.807) is 13.0 Å². The number of benzene rings is 2. The van der Waals surface area contributed by atoms with Crippen molar-refractivity contribution in [3.05, 3.63) is 62.5 Å². The minimum atomic E-state index is -4.94. The molecule has 0 unspecified atom stereocenters. The molecule has 0 amide bonds. The van der Waals surface area contributed by atoms with E-state index < -0.39 is 22.9 Å². The summed E-state index contributed by atoms with van der Waals surface area (Å²) in [5, 5.41) is 10.9. The van der Waals surface area contributed by atoms with Gasteiger partial charge in [0.15, 0.2) is 0 Å². The van der Waals surface area contributed by atoms with Crippen LogP contribution in [-0.2, 0) is 19.1 Å². The van der Waals surface area contributed by atoms with Crippen LogP contribution in [-0.4, -0.2) is 48.1 Å². The van der Waals surface area contributed by atoms with Crippen molar-refractivity contribution < 1.29 is 22.7 Å². The Morgan fingerprint density at radius 2 is 1.82 bits per heavy atom. The van der Waals surface area contributed by atoms with Crippen LogP contribution in [0.4, 0.5) is 13.2 Å². The molecule has 176 valence electrons. The molecule has 9 heteroatoms. The fourth-order valence-electron chi connectivity index (χ4n) is 4.20. The van der Waals surface area contributed by atoms with Gasteiger partial charge in [-0.3, -0.25) is 9.69 Å². The van der Waals surface area contributed by atoms with Crippen molar-refractivity contribution in [2.24, 2.45) is 0 Å². The Balaban J connectivity index is 2.01. The number of piperazine rings is 1. The molecule has 2 heterocycles. The van der Waals surface area contributed by atoms with Gasteiger partial charge in [-0.1, -0.05) is 36.7 Å². The summed E-state index contributed by atoms with van der Waals surface area (Å²) in [6.45, 7) is 4.93. The van der Waals surface area contributed by atoms with Gasteiger partial charge in [-0.15, -0.1) is 0 Å². The number of alkyl halides is 3. The van der Waals surface area contributed by atoms with Crippen LogP contribution >= 0.6 is 11.6 Å². The minimum absolute atomic E-state index is 0.00306. The third-order valence-electron chi connectivity index (χ3n) is 6.09. The van der Waals surface area contributed by atoms with Gasteiger partial charge in [-0.2, -0.15) is 13.2 Å². The second-order valence-electron chi connectivity index (χ2n) is 8.29. The van der Waals surface area contributed by atoms with E-state index >= 15 is 0 Å². The van der Waals surface area contributed by atoms with Crippen LogP contribution in [0.1, 0.15) is 23.8 Å². The number of likely N-dealkylation sites (N-methyl/N-ethyl adjacent to an activating group) is 1. The number of rotatable bonds is 4. The lowest BCUT2D eigenvalue weighted by Gasteiger charge is -2.32. The van der Waals surface area contributed by atoms with Crippen molar-refractivity contribution in [2.45, 2.75) is 26.1 Å². The summed E-state index contributed by atoms with van der Waals surface area (Å²) >= 11 is 6.16. The number of phenols is 1. The lowest BCUT2D eigenvalue weighted by Crippen LogP contribution is -2.43. The van der Waals surface area contributed by atoms with E-state index in [1.165, 1.54) is 24.3 Å². The molecule has 0 bridgehead atoms. The van der Waals surface area contributed by atoms with Crippen LogP contribution in [0.3, 0.4) is 0 Å². The number of phenolic OH excluding ortho intramolecular Hbond substituents is 1. The number of aromatic hydroxyl groups is 1. The van der Waals surface area contributed by atoms with Gasteiger partial charge >= 0.3 is 6.18 Å². The van der Waals surface area contributed by atoms with E-state index in [0.29, 0.717) is 25.1 Å². The molecule has 33 heavy (non-hydrogen) atoms. The fraction of sp³-hybridized carbons (Fsp3) is 0.375. The topological polar surface area (TPSA) is 56.9 Å². The molecule has 0 atom stereocenters. The van der Waals surface area contributed by atoms with Crippen molar-refractivity contribution in [2.75, 3.05) is 33.2 Å². The molecule has 0 aliphatic carbocycles. The maximum absolute atomic E-state index is 14.1. The molecule has 0 radical (unpaired) electrons. The highest BCUT2D eigenvalue weighted by Gasteiger charge is 2.40. The Labute approximate surface area is 194 Å². The van der Waals surface area contributed by atoms with Crippen LogP contribution in [0.15, 0.2) is 39.5 Å². The summed E-state index contributed by atoms with van der Waals surface area (Å²) in [6, 6.07) is 7.29. The molecule has 0 saturated carbocycles. The Morgan fingerprint density at radius 1 is 1.15 bits per heavy atom. The maximum atomic E-state index is 14.1. The summed E-state index contributed by atoms with van der Waals surface area (Å²) < 4.78 is 47.7. The third kappa shape index (κ3) is 4.47. The second kappa shape index (κ2) is 9.00. The van der Waals surface area contributed by atoms with Gasteiger partial charge in [0.1, 0.15) is 11.3 Å². The molecule has 0 spiro atoms. The number of hydrogen-bond donors (Lipinski definition) is 1. The van der Waals surface area contributed by atoms with Crippen LogP contribution in [0.2, 0.25) is 5.02 Å². The number of nitrogens with zero attached hydrogens (tertiary/aromatic N) is 2. The highest BCUT2D eigenvalue weighted by Crippen LogP contribution is 2.41. The lowest BCUT2D eigenvalue weighted by molar-refractivity contribution is -0.152.